The fourth-order valence-electron chi connectivity index (χ4n) is 1.52. The van der Waals surface area contributed by atoms with Crippen molar-refractivity contribution in [3.8, 4) is 5.75 Å². The molecular weight excluding hydrogens is 174 g/mol. The number of hydrogen-bond acceptors (Lipinski definition) is 2. The van der Waals surface area contributed by atoms with E-state index in [0.717, 1.165) is 12.3 Å². The van der Waals surface area contributed by atoms with Gasteiger partial charge in [0, 0.05) is 6.54 Å². The molecule has 0 aliphatic rings. The summed E-state index contributed by atoms with van der Waals surface area (Å²) in [4.78, 5) is 0. The van der Waals surface area contributed by atoms with Gasteiger partial charge in [0.05, 0.1) is 0 Å². The predicted molar refractivity (Wildman–Crippen MR) is 59.9 cm³/mol. The van der Waals surface area contributed by atoms with Crippen LogP contribution in [-0.2, 0) is 0 Å². The molecule has 0 bridgehead atoms. The van der Waals surface area contributed by atoms with Crippen LogP contribution in [0.1, 0.15) is 18.1 Å². The zero-order valence-electron chi connectivity index (χ0n) is 9.42. The molecule has 14 heavy (non-hydrogen) atoms. The van der Waals surface area contributed by atoms with Gasteiger partial charge in [0.15, 0.2) is 0 Å². The maximum absolute atomic E-state index is 5.85. The zero-order chi connectivity index (χ0) is 10.6. The first-order valence-corrected chi connectivity index (χ1v) is 5.02. The van der Waals surface area contributed by atoms with Gasteiger partial charge in [-0.3, -0.25) is 0 Å². The minimum Gasteiger partial charge on any atom is -0.489 e. The summed E-state index contributed by atoms with van der Waals surface area (Å²) in [6, 6.07) is 6.21. The molecule has 1 N–H and O–H groups in total. The Morgan fingerprint density at radius 3 is 2.36 bits per heavy atom. The number of likely N-dealkylation sites (N-methyl/N-ethyl adjacent to an activating group) is 1. The van der Waals surface area contributed by atoms with Gasteiger partial charge in [-0.2, -0.15) is 0 Å². The second-order valence-electron chi connectivity index (χ2n) is 3.71. The van der Waals surface area contributed by atoms with Crippen molar-refractivity contribution in [2.75, 3.05) is 13.6 Å². The van der Waals surface area contributed by atoms with Crippen LogP contribution < -0.4 is 10.1 Å². The molecule has 0 aliphatic heterocycles. The van der Waals surface area contributed by atoms with Gasteiger partial charge in [-0.15, -0.1) is 0 Å². The van der Waals surface area contributed by atoms with Crippen LogP contribution in [0.25, 0.3) is 0 Å². The number of benzene rings is 1. The van der Waals surface area contributed by atoms with Crippen molar-refractivity contribution in [3.05, 3.63) is 29.3 Å². The molecule has 0 radical (unpaired) electrons. The Balaban J connectivity index is 2.75. The van der Waals surface area contributed by atoms with Crippen LogP contribution in [-0.4, -0.2) is 19.7 Å². The minimum absolute atomic E-state index is 0.208. The Hall–Kier alpha value is -1.02. The first-order chi connectivity index (χ1) is 6.65. The van der Waals surface area contributed by atoms with Crippen LogP contribution in [0.3, 0.4) is 0 Å². The molecule has 0 aliphatic carbocycles. The summed E-state index contributed by atoms with van der Waals surface area (Å²) in [5, 5.41) is 3.10. The van der Waals surface area contributed by atoms with Gasteiger partial charge in [-0.1, -0.05) is 18.2 Å². The molecule has 0 spiro atoms. The van der Waals surface area contributed by atoms with E-state index in [2.05, 4.69) is 44.3 Å². The maximum atomic E-state index is 5.85. The molecular formula is C12H19NO. The number of rotatable bonds is 4. The van der Waals surface area contributed by atoms with Gasteiger partial charge in [0.2, 0.25) is 0 Å². The molecule has 0 amide bonds. The number of para-hydroxylation sites is 1. The fraction of sp³-hybridized carbons (Fsp3) is 0.500. The largest absolute Gasteiger partial charge is 0.489 e. The molecule has 1 aromatic carbocycles. The average Bonchev–Trinajstić information content (AvgIpc) is 2.12. The zero-order valence-corrected chi connectivity index (χ0v) is 9.42. The molecule has 1 rings (SSSR count). The van der Waals surface area contributed by atoms with E-state index < -0.39 is 0 Å². The summed E-state index contributed by atoms with van der Waals surface area (Å²) in [6.07, 6.45) is 0.208. The maximum Gasteiger partial charge on any atom is 0.125 e. The summed E-state index contributed by atoms with van der Waals surface area (Å²) in [7, 11) is 1.94. The highest BCUT2D eigenvalue weighted by Crippen LogP contribution is 2.23. The molecule has 0 fully saturated rings. The topological polar surface area (TPSA) is 21.3 Å². The Bertz CT molecular complexity index is 276. The van der Waals surface area contributed by atoms with Crippen LogP contribution >= 0.6 is 0 Å². The Labute approximate surface area is 86.3 Å². The normalized spacial score (nSPS) is 12.6. The molecule has 78 valence electrons. The summed E-state index contributed by atoms with van der Waals surface area (Å²) in [5.74, 6) is 1.02. The molecule has 2 nitrogen and oxygen atoms in total. The number of aryl methyl sites for hydroxylation is 2. The van der Waals surface area contributed by atoms with Crippen LogP contribution in [0, 0.1) is 13.8 Å². The van der Waals surface area contributed by atoms with E-state index in [1.54, 1.807) is 0 Å². The van der Waals surface area contributed by atoms with Gasteiger partial charge in [-0.25, -0.2) is 0 Å². The van der Waals surface area contributed by atoms with Crippen molar-refractivity contribution >= 4 is 0 Å². The van der Waals surface area contributed by atoms with Gasteiger partial charge < -0.3 is 10.1 Å². The lowest BCUT2D eigenvalue weighted by atomic mass is 10.1. The minimum atomic E-state index is 0.208. The SMILES string of the molecule is CNCC(C)Oc1c(C)cccc1C. The third-order valence-electron chi connectivity index (χ3n) is 2.22. The highest BCUT2D eigenvalue weighted by Gasteiger charge is 2.07. The predicted octanol–water partition coefficient (Wildman–Crippen LogP) is 2.29. The quantitative estimate of drug-likeness (QED) is 0.792. The van der Waals surface area contributed by atoms with Gasteiger partial charge in [0.25, 0.3) is 0 Å². The van der Waals surface area contributed by atoms with Crippen molar-refractivity contribution in [2.45, 2.75) is 26.9 Å². The molecule has 1 atom stereocenters. The van der Waals surface area contributed by atoms with Crippen molar-refractivity contribution < 1.29 is 4.74 Å². The summed E-state index contributed by atoms with van der Waals surface area (Å²) in [6.45, 7) is 7.10. The number of ether oxygens (including phenoxy) is 1. The van der Waals surface area contributed by atoms with E-state index in [1.165, 1.54) is 11.1 Å². The van der Waals surface area contributed by atoms with E-state index >= 15 is 0 Å². The van der Waals surface area contributed by atoms with E-state index in [0.29, 0.717) is 0 Å². The summed E-state index contributed by atoms with van der Waals surface area (Å²) in [5.41, 5.74) is 2.40. The van der Waals surface area contributed by atoms with E-state index in [1.807, 2.05) is 7.05 Å². The number of hydrogen-bond donors (Lipinski definition) is 1. The fourth-order valence-corrected chi connectivity index (χ4v) is 1.52. The monoisotopic (exact) mass is 193 g/mol. The molecule has 0 aromatic heterocycles. The van der Waals surface area contributed by atoms with Gasteiger partial charge in [0.1, 0.15) is 11.9 Å². The lowest BCUT2D eigenvalue weighted by Crippen LogP contribution is -2.26. The van der Waals surface area contributed by atoms with Gasteiger partial charge >= 0.3 is 0 Å². The number of nitrogens with one attached hydrogen (secondary N) is 1. The lowest BCUT2D eigenvalue weighted by molar-refractivity contribution is 0.218. The Kier molecular flexibility index (Phi) is 3.96. The molecule has 2 heteroatoms. The highest BCUT2D eigenvalue weighted by atomic mass is 16.5. The molecule has 0 saturated carbocycles. The molecule has 1 unspecified atom stereocenters. The first kappa shape index (κ1) is 11.1. The van der Waals surface area contributed by atoms with Crippen molar-refractivity contribution in [1.29, 1.82) is 0 Å². The summed E-state index contributed by atoms with van der Waals surface area (Å²) >= 11 is 0. The smallest absolute Gasteiger partial charge is 0.125 e. The van der Waals surface area contributed by atoms with E-state index in [-0.39, 0.29) is 6.10 Å². The van der Waals surface area contributed by atoms with Crippen molar-refractivity contribution in [1.82, 2.24) is 5.32 Å². The third-order valence-corrected chi connectivity index (χ3v) is 2.22. The van der Waals surface area contributed by atoms with Crippen LogP contribution in [0.15, 0.2) is 18.2 Å². The Morgan fingerprint density at radius 1 is 1.29 bits per heavy atom. The standard InChI is InChI=1S/C12H19NO/c1-9-6-5-7-10(2)12(9)14-11(3)8-13-4/h5-7,11,13H,8H2,1-4H3. The highest BCUT2D eigenvalue weighted by molar-refractivity contribution is 5.39. The van der Waals surface area contributed by atoms with E-state index in [4.69, 9.17) is 4.74 Å². The van der Waals surface area contributed by atoms with Crippen molar-refractivity contribution in [3.63, 3.8) is 0 Å². The van der Waals surface area contributed by atoms with Gasteiger partial charge in [-0.05, 0) is 38.9 Å². The molecule has 0 saturated heterocycles. The summed E-state index contributed by atoms with van der Waals surface area (Å²) < 4.78 is 5.85. The second-order valence-corrected chi connectivity index (χ2v) is 3.71. The first-order valence-electron chi connectivity index (χ1n) is 5.02. The average molecular weight is 193 g/mol. The second kappa shape index (κ2) is 5.01. The van der Waals surface area contributed by atoms with E-state index in [9.17, 15) is 0 Å². The van der Waals surface area contributed by atoms with Crippen LogP contribution in [0.5, 0.6) is 5.75 Å². The van der Waals surface area contributed by atoms with Crippen LogP contribution in [0.4, 0.5) is 0 Å². The lowest BCUT2D eigenvalue weighted by Gasteiger charge is -2.17. The molecule has 0 heterocycles. The Morgan fingerprint density at radius 2 is 1.86 bits per heavy atom. The van der Waals surface area contributed by atoms with Crippen LogP contribution in [0.2, 0.25) is 0 Å². The van der Waals surface area contributed by atoms with Crippen molar-refractivity contribution in [2.24, 2.45) is 0 Å². The third kappa shape index (κ3) is 2.74. The molecule has 1 aromatic rings.